The van der Waals surface area contributed by atoms with Gasteiger partial charge in [-0.15, -0.1) is 5.10 Å². The van der Waals surface area contributed by atoms with Crippen molar-refractivity contribution in [2.24, 2.45) is 10.2 Å². The summed E-state index contributed by atoms with van der Waals surface area (Å²) < 4.78 is 41.4. The summed E-state index contributed by atoms with van der Waals surface area (Å²) in [5, 5.41) is 21.0. The molecule has 39 heavy (non-hydrogen) atoms. The molecule has 1 aliphatic carbocycles. The fourth-order valence-corrected chi connectivity index (χ4v) is 4.54. The Bertz CT molecular complexity index is 1320. The Kier molecular flexibility index (Phi) is 10.2. The number of azo groups is 1. The number of nitrogens with two attached hydrogens (primary N) is 1. The van der Waals surface area contributed by atoms with Crippen LogP contribution in [0.3, 0.4) is 0 Å². The topological polar surface area (TPSA) is 117 Å². The van der Waals surface area contributed by atoms with Crippen molar-refractivity contribution in [3.8, 4) is 23.1 Å². The van der Waals surface area contributed by atoms with Crippen LogP contribution in [0.4, 0.5) is 24.8 Å². The van der Waals surface area contributed by atoms with Gasteiger partial charge in [0.05, 0.1) is 18.9 Å². The van der Waals surface area contributed by atoms with Gasteiger partial charge in [0.15, 0.2) is 0 Å². The number of nitrogen functional groups attached to an aromatic ring is 1. The fraction of sp³-hybridized carbons (Fsp3) is 0.519. The predicted octanol–water partition coefficient (Wildman–Crippen LogP) is 6.15. The number of aromatic nitrogens is 3. The number of halogens is 3. The molecular weight excluding hydrogens is 509 g/mol. The second-order valence-corrected chi connectivity index (χ2v) is 9.43. The molecule has 2 N–H and O–H groups in total. The van der Waals surface area contributed by atoms with Crippen molar-refractivity contribution in [2.75, 3.05) is 33.0 Å². The van der Waals surface area contributed by atoms with Gasteiger partial charge in [0.25, 0.3) is 0 Å². The van der Waals surface area contributed by atoms with Crippen molar-refractivity contribution in [3.05, 3.63) is 36.0 Å². The molecule has 3 aromatic rings. The van der Waals surface area contributed by atoms with Gasteiger partial charge >= 0.3 is 0 Å². The van der Waals surface area contributed by atoms with Gasteiger partial charge in [-0.2, -0.15) is 20.5 Å². The summed E-state index contributed by atoms with van der Waals surface area (Å²) in [5.41, 5.74) is 10.1. The molecule has 2 aromatic heterocycles. The van der Waals surface area contributed by atoms with E-state index < -0.39 is 12.6 Å². The van der Waals surface area contributed by atoms with Gasteiger partial charge in [-0.05, 0) is 61.9 Å². The van der Waals surface area contributed by atoms with Crippen molar-refractivity contribution in [3.63, 3.8) is 0 Å². The molecule has 1 saturated carbocycles. The summed E-state index contributed by atoms with van der Waals surface area (Å²) >= 11 is 0. The van der Waals surface area contributed by atoms with Gasteiger partial charge in [-0.25, -0.2) is 17.7 Å². The van der Waals surface area contributed by atoms with Crippen LogP contribution in [0, 0.1) is 18.3 Å². The van der Waals surface area contributed by atoms with E-state index in [0.717, 1.165) is 53.7 Å². The van der Waals surface area contributed by atoms with Gasteiger partial charge in [0, 0.05) is 38.3 Å². The lowest BCUT2D eigenvalue weighted by molar-refractivity contribution is 0.0832. The highest BCUT2D eigenvalue weighted by Crippen LogP contribution is 2.39. The average Bonchev–Trinajstić information content (AvgIpc) is 3.52. The number of rotatable bonds is 5. The minimum atomic E-state index is -2.12. The summed E-state index contributed by atoms with van der Waals surface area (Å²) in [7, 11) is 3.22. The molecule has 0 amide bonds. The monoisotopic (exact) mass is 544 g/mol. The predicted molar refractivity (Wildman–Crippen MR) is 144 cm³/mol. The number of nitrogens with zero attached hydrogens (tertiary/aromatic N) is 7. The summed E-state index contributed by atoms with van der Waals surface area (Å²) in [4.78, 5) is 6.17. The van der Waals surface area contributed by atoms with Crippen LogP contribution >= 0.6 is 0 Å². The third kappa shape index (κ3) is 7.03. The van der Waals surface area contributed by atoms with E-state index in [0.29, 0.717) is 18.8 Å². The molecule has 5 rings (SSSR count). The highest BCUT2D eigenvalue weighted by molar-refractivity contribution is 5.85. The zero-order valence-electron chi connectivity index (χ0n) is 22.7. The van der Waals surface area contributed by atoms with E-state index in [1.165, 1.54) is 6.92 Å². The Morgan fingerprint density at radius 3 is 2.51 bits per heavy atom. The maximum Gasteiger partial charge on any atom is 0.243 e. The zero-order chi connectivity index (χ0) is 28.6. The summed E-state index contributed by atoms with van der Waals surface area (Å²) in [6, 6.07) is 10.3. The van der Waals surface area contributed by atoms with Gasteiger partial charge in [-0.1, -0.05) is 13.0 Å². The number of hydrogen-bond acceptors (Lipinski definition) is 8. The Morgan fingerprint density at radius 1 is 1.31 bits per heavy atom. The van der Waals surface area contributed by atoms with E-state index in [9.17, 15) is 13.2 Å². The Balaban J connectivity index is 0.000000206. The molecule has 1 saturated heterocycles. The quantitative estimate of drug-likeness (QED) is 0.385. The van der Waals surface area contributed by atoms with Crippen LogP contribution in [0.2, 0.25) is 0 Å². The molecule has 1 atom stereocenters. The molecule has 12 heteroatoms. The number of alkyl halides is 3. The number of ether oxygens (including phenoxy) is 1. The number of nitriles is 1. The first-order valence-electron chi connectivity index (χ1n) is 12.9. The second kappa shape index (κ2) is 13.4. The van der Waals surface area contributed by atoms with Crippen LogP contribution in [0.5, 0.6) is 5.88 Å². The fourth-order valence-electron chi connectivity index (χ4n) is 4.54. The van der Waals surface area contributed by atoms with Crippen molar-refractivity contribution < 1.29 is 17.9 Å². The molecule has 3 heterocycles. The first-order valence-corrected chi connectivity index (χ1v) is 12.9. The number of aryl methyl sites for hydroxylation is 1. The van der Waals surface area contributed by atoms with Gasteiger partial charge in [0.2, 0.25) is 18.3 Å². The highest BCUT2D eigenvalue weighted by atomic mass is 19.3. The number of hydrogen-bond donors (Lipinski definition) is 1. The molecule has 2 aliphatic rings. The molecule has 0 spiro atoms. The van der Waals surface area contributed by atoms with E-state index in [2.05, 4.69) is 32.4 Å². The molecular formula is C27H35F3N8O. The number of likely N-dealkylation sites (tertiary alicyclic amines) is 1. The molecule has 210 valence electrons. The molecule has 2 fully saturated rings. The van der Waals surface area contributed by atoms with Crippen molar-refractivity contribution in [1.82, 2.24) is 19.5 Å². The molecule has 0 bridgehead atoms. The number of fused-ring (bicyclic) bond motifs is 1. The smallest absolute Gasteiger partial charge is 0.243 e. The Labute approximate surface area is 226 Å². The molecule has 1 aliphatic heterocycles. The SMILES string of the molecule is CCC(F)F.CN=Nc1ccc(-c2ccn3nc(N)nc(OC)c23)cc1C.N#CC1(N2CC[C@@H](F)C2)CCC1. The van der Waals surface area contributed by atoms with Crippen molar-refractivity contribution in [1.29, 1.82) is 5.26 Å². The first kappa shape index (κ1) is 29.8. The van der Waals surface area contributed by atoms with Crippen molar-refractivity contribution in [2.45, 2.75) is 64.1 Å². The largest absolute Gasteiger partial charge is 0.479 e. The van der Waals surface area contributed by atoms with Gasteiger partial charge < -0.3 is 10.5 Å². The van der Waals surface area contributed by atoms with Crippen LogP contribution in [-0.4, -0.2) is 64.9 Å². The van der Waals surface area contributed by atoms with Gasteiger partial charge in [0.1, 0.15) is 17.2 Å². The summed E-state index contributed by atoms with van der Waals surface area (Å²) in [6.07, 6.45) is 2.61. The van der Waals surface area contributed by atoms with E-state index >= 15 is 0 Å². The lowest BCUT2D eigenvalue weighted by Gasteiger charge is -2.42. The van der Waals surface area contributed by atoms with E-state index in [-0.39, 0.29) is 17.9 Å². The van der Waals surface area contributed by atoms with Crippen molar-refractivity contribution >= 4 is 17.2 Å². The third-order valence-corrected chi connectivity index (χ3v) is 6.84. The highest BCUT2D eigenvalue weighted by Gasteiger charge is 2.45. The molecule has 9 nitrogen and oxygen atoms in total. The van der Waals surface area contributed by atoms with Crippen LogP contribution in [0.15, 0.2) is 40.7 Å². The lowest BCUT2D eigenvalue weighted by Crippen LogP contribution is -2.51. The second-order valence-electron chi connectivity index (χ2n) is 9.43. The van der Waals surface area contributed by atoms with E-state index in [1.807, 2.05) is 36.2 Å². The van der Waals surface area contributed by atoms with Crippen LogP contribution < -0.4 is 10.5 Å². The van der Waals surface area contributed by atoms with E-state index in [1.54, 1.807) is 18.7 Å². The maximum atomic E-state index is 12.8. The first-order chi connectivity index (χ1) is 18.7. The van der Waals surface area contributed by atoms with Crippen LogP contribution in [-0.2, 0) is 0 Å². The summed E-state index contributed by atoms with van der Waals surface area (Å²) in [6.45, 7) is 4.70. The summed E-state index contributed by atoms with van der Waals surface area (Å²) in [5.74, 6) is 0.615. The zero-order valence-corrected chi connectivity index (χ0v) is 22.7. The molecule has 0 unspecified atom stereocenters. The minimum Gasteiger partial charge on any atom is -0.479 e. The normalized spacial score (nSPS) is 18.2. The third-order valence-electron chi connectivity index (χ3n) is 6.84. The molecule has 1 aromatic carbocycles. The maximum absolute atomic E-state index is 12.8. The Hall–Kier alpha value is -3.72. The number of methoxy groups -OCH3 is 1. The Morgan fingerprint density at radius 2 is 2.03 bits per heavy atom. The lowest BCUT2D eigenvalue weighted by atomic mass is 9.77. The average molecular weight is 545 g/mol. The van der Waals surface area contributed by atoms with Crippen LogP contribution in [0.1, 0.15) is 44.6 Å². The minimum absolute atomic E-state index is 0.0278. The van der Waals surface area contributed by atoms with E-state index in [4.69, 9.17) is 15.7 Å². The number of anilines is 1. The van der Waals surface area contributed by atoms with Crippen LogP contribution in [0.25, 0.3) is 16.6 Å². The molecule has 0 radical (unpaired) electrons. The standard InChI is InChI=1S/C15H16N6O.C9H13FN2.C3H6F2/c1-9-8-10(4-5-12(9)19-17-2)11-6-7-21-13(11)14(22-3)18-15(16)20-21;10-8-2-5-12(6-8)9(7-11)3-1-4-9;1-2-3(4)5/h4-8H,1-3H3,(H2,16,20);8H,1-6H2;3H,2H2,1H3/t;8-;/m.1./s1. The number of benzene rings is 1. The van der Waals surface area contributed by atoms with Gasteiger partial charge in [-0.3, -0.25) is 4.90 Å².